The summed E-state index contributed by atoms with van der Waals surface area (Å²) in [5.41, 5.74) is 6.23. The van der Waals surface area contributed by atoms with Crippen molar-refractivity contribution < 1.29 is 23.9 Å². The molecule has 2 saturated heterocycles. The Labute approximate surface area is 189 Å². The van der Waals surface area contributed by atoms with Crippen LogP contribution in [0.1, 0.15) is 49.9 Å². The fourth-order valence-corrected chi connectivity index (χ4v) is 4.01. The molecule has 0 atom stereocenters. The lowest BCUT2D eigenvalue weighted by Gasteiger charge is -2.31. The average Bonchev–Trinajstić information content (AvgIpc) is 2.80. The summed E-state index contributed by atoms with van der Waals surface area (Å²) in [7, 11) is 0. The van der Waals surface area contributed by atoms with E-state index in [2.05, 4.69) is 5.32 Å². The van der Waals surface area contributed by atoms with Crippen LogP contribution in [-0.2, 0) is 9.59 Å². The molecule has 176 valence electrons. The zero-order valence-electron chi connectivity index (χ0n) is 19.0. The van der Waals surface area contributed by atoms with Gasteiger partial charge in [-0.05, 0) is 43.9 Å². The summed E-state index contributed by atoms with van der Waals surface area (Å²) in [4.78, 5) is 38.1. The molecule has 32 heavy (non-hydrogen) atoms. The largest absolute Gasteiger partial charge is 0.486 e. The van der Waals surface area contributed by atoms with E-state index < -0.39 is 0 Å². The summed E-state index contributed by atoms with van der Waals surface area (Å²) >= 11 is 0. The van der Waals surface area contributed by atoms with E-state index in [-0.39, 0.29) is 23.8 Å². The van der Waals surface area contributed by atoms with Gasteiger partial charge in [0.2, 0.25) is 11.8 Å². The molecule has 0 radical (unpaired) electrons. The van der Waals surface area contributed by atoms with Crippen molar-refractivity contribution in [1.29, 1.82) is 0 Å². The van der Waals surface area contributed by atoms with Gasteiger partial charge >= 0.3 is 0 Å². The lowest BCUT2D eigenvalue weighted by Crippen LogP contribution is -2.46. The highest BCUT2D eigenvalue weighted by Gasteiger charge is 2.23. The maximum absolute atomic E-state index is 12.3. The number of piperidine rings is 2. The third-order valence-corrected chi connectivity index (χ3v) is 6.06. The summed E-state index contributed by atoms with van der Waals surface area (Å²) in [6.45, 7) is 7.30. The molecule has 3 heterocycles. The quantitative estimate of drug-likeness (QED) is 0.705. The number of fused-ring (bicyclic) bond motifs is 1. The van der Waals surface area contributed by atoms with Crippen LogP contribution >= 0.6 is 0 Å². The van der Waals surface area contributed by atoms with Gasteiger partial charge in [-0.2, -0.15) is 0 Å². The Morgan fingerprint density at radius 1 is 0.875 bits per heavy atom. The number of ether oxygens (including phenoxy) is 2. The second-order valence-electron chi connectivity index (χ2n) is 8.46. The van der Waals surface area contributed by atoms with Crippen molar-refractivity contribution in [2.24, 2.45) is 5.73 Å². The fourth-order valence-electron chi connectivity index (χ4n) is 4.01. The second kappa shape index (κ2) is 11.2. The summed E-state index contributed by atoms with van der Waals surface area (Å²) in [6, 6.07) is 5.65. The van der Waals surface area contributed by atoms with Gasteiger partial charge in [0.05, 0.1) is 0 Å². The Balaban J connectivity index is 0.000000243. The highest BCUT2D eigenvalue weighted by atomic mass is 16.6. The van der Waals surface area contributed by atoms with Crippen LogP contribution in [0.4, 0.5) is 0 Å². The smallest absolute Gasteiger partial charge is 0.251 e. The minimum Gasteiger partial charge on any atom is -0.486 e. The fraction of sp³-hybridized carbons (Fsp3) is 0.609. The molecule has 0 spiro atoms. The van der Waals surface area contributed by atoms with Crippen LogP contribution < -0.4 is 20.5 Å². The predicted octanol–water partition coefficient (Wildman–Crippen LogP) is 1.15. The minimum atomic E-state index is -0.113. The van der Waals surface area contributed by atoms with Crippen molar-refractivity contribution in [1.82, 2.24) is 15.1 Å². The standard InChI is InChI=1S/C16H20N2O4.C7H14N2O/c1-11(19)18-6-4-13(5-7-18)17-16(20)12-2-3-14-15(10-12)22-9-8-21-14;1-6(10)9-4-2-7(8)3-5-9/h2-3,10,13H,4-9H2,1H3,(H,17,20);7H,2-5,8H2,1H3. The third-order valence-electron chi connectivity index (χ3n) is 6.06. The van der Waals surface area contributed by atoms with Crippen LogP contribution in [0.25, 0.3) is 0 Å². The Kier molecular flexibility index (Phi) is 8.33. The summed E-state index contributed by atoms with van der Waals surface area (Å²) in [5, 5.41) is 3.03. The van der Waals surface area contributed by atoms with Crippen molar-refractivity contribution in [3.05, 3.63) is 23.8 Å². The predicted molar refractivity (Wildman–Crippen MR) is 120 cm³/mol. The van der Waals surface area contributed by atoms with E-state index in [1.165, 1.54) is 0 Å². The lowest BCUT2D eigenvalue weighted by atomic mass is 10.0. The molecule has 3 aliphatic rings. The molecular weight excluding hydrogens is 412 g/mol. The number of hydrogen-bond acceptors (Lipinski definition) is 6. The molecule has 9 heteroatoms. The van der Waals surface area contributed by atoms with Crippen LogP contribution in [0, 0.1) is 0 Å². The van der Waals surface area contributed by atoms with E-state index in [4.69, 9.17) is 15.2 Å². The first-order valence-corrected chi connectivity index (χ1v) is 11.3. The van der Waals surface area contributed by atoms with E-state index in [1.54, 1.807) is 32.0 Å². The van der Waals surface area contributed by atoms with Crippen molar-refractivity contribution in [2.75, 3.05) is 39.4 Å². The van der Waals surface area contributed by atoms with Gasteiger partial charge in [-0.25, -0.2) is 0 Å². The number of rotatable bonds is 2. The molecule has 4 rings (SSSR count). The van der Waals surface area contributed by atoms with Crippen molar-refractivity contribution in [2.45, 2.75) is 51.6 Å². The SMILES string of the molecule is CC(=O)N1CCC(N)CC1.CC(=O)N1CCC(NC(=O)c2ccc3c(c2)OCCO3)CC1. The Morgan fingerprint density at radius 2 is 1.41 bits per heavy atom. The molecule has 1 aromatic carbocycles. The number of carbonyl (C=O) groups excluding carboxylic acids is 3. The second-order valence-corrected chi connectivity index (χ2v) is 8.46. The molecule has 2 fully saturated rings. The summed E-state index contributed by atoms with van der Waals surface area (Å²) in [5.74, 6) is 1.45. The number of likely N-dealkylation sites (tertiary alicyclic amines) is 2. The Hall–Kier alpha value is -2.81. The first-order chi connectivity index (χ1) is 15.3. The number of nitrogens with zero attached hydrogens (tertiary/aromatic N) is 2. The zero-order chi connectivity index (χ0) is 23.1. The van der Waals surface area contributed by atoms with Gasteiger partial charge in [0.25, 0.3) is 5.91 Å². The number of nitrogens with two attached hydrogens (primary N) is 1. The molecular formula is C23H34N4O5. The number of hydrogen-bond donors (Lipinski definition) is 2. The monoisotopic (exact) mass is 446 g/mol. The number of carbonyl (C=O) groups is 3. The molecule has 0 unspecified atom stereocenters. The van der Waals surface area contributed by atoms with Crippen LogP contribution in [0.5, 0.6) is 11.5 Å². The molecule has 0 aliphatic carbocycles. The number of nitrogens with one attached hydrogen (secondary N) is 1. The van der Waals surface area contributed by atoms with Gasteiger partial charge < -0.3 is 30.3 Å². The zero-order valence-corrected chi connectivity index (χ0v) is 19.0. The Morgan fingerprint density at radius 3 is 1.97 bits per heavy atom. The van der Waals surface area contributed by atoms with E-state index >= 15 is 0 Å². The molecule has 0 saturated carbocycles. The number of benzene rings is 1. The van der Waals surface area contributed by atoms with Gasteiger partial charge in [-0.1, -0.05) is 0 Å². The molecule has 3 amide bonds. The summed E-state index contributed by atoms with van der Waals surface area (Å²) < 4.78 is 10.9. The highest BCUT2D eigenvalue weighted by molar-refractivity contribution is 5.95. The van der Waals surface area contributed by atoms with E-state index in [9.17, 15) is 14.4 Å². The lowest BCUT2D eigenvalue weighted by molar-refractivity contribution is -0.130. The van der Waals surface area contributed by atoms with Crippen molar-refractivity contribution in [3.8, 4) is 11.5 Å². The van der Waals surface area contributed by atoms with E-state index in [0.29, 0.717) is 49.4 Å². The van der Waals surface area contributed by atoms with Crippen LogP contribution in [0.15, 0.2) is 18.2 Å². The molecule has 9 nitrogen and oxygen atoms in total. The molecule has 0 bridgehead atoms. The van der Waals surface area contributed by atoms with Gasteiger partial charge in [-0.3, -0.25) is 14.4 Å². The van der Waals surface area contributed by atoms with E-state index in [0.717, 1.165) is 38.8 Å². The summed E-state index contributed by atoms with van der Waals surface area (Å²) in [6.07, 6.45) is 3.49. The first-order valence-electron chi connectivity index (χ1n) is 11.3. The van der Waals surface area contributed by atoms with Crippen molar-refractivity contribution >= 4 is 17.7 Å². The molecule has 3 aliphatic heterocycles. The minimum absolute atomic E-state index is 0.0941. The molecule has 3 N–H and O–H groups in total. The molecule has 1 aromatic rings. The van der Waals surface area contributed by atoms with Crippen molar-refractivity contribution in [3.63, 3.8) is 0 Å². The normalized spacial score (nSPS) is 19.0. The van der Waals surface area contributed by atoms with Crippen LogP contribution in [0.3, 0.4) is 0 Å². The number of amides is 3. The average molecular weight is 447 g/mol. The van der Waals surface area contributed by atoms with Gasteiger partial charge in [-0.15, -0.1) is 0 Å². The van der Waals surface area contributed by atoms with Crippen LogP contribution in [0.2, 0.25) is 0 Å². The maximum Gasteiger partial charge on any atom is 0.251 e. The first kappa shape index (κ1) is 23.8. The topological polar surface area (TPSA) is 114 Å². The highest BCUT2D eigenvalue weighted by Crippen LogP contribution is 2.30. The molecule has 0 aromatic heterocycles. The maximum atomic E-state index is 12.3. The van der Waals surface area contributed by atoms with Crippen LogP contribution in [-0.4, -0.2) is 79.0 Å². The van der Waals surface area contributed by atoms with Gasteiger partial charge in [0, 0.05) is 57.7 Å². The van der Waals surface area contributed by atoms with Gasteiger partial charge in [0.1, 0.15) is 13.2 Å². The van der Waals surface area contributed by atoms with E-state index in [1.807, 2.05) is 9.80 Å². The Bertz CT molecular complexity index is 815. The van der Waals surface area contributed by atoms with Gasteiger partial charge in [0.15, 0.2) is 11.5 Å². The third kappa shape index (κ3) is 6.59.